The lowest BCUT2D eigenvalue weighted by atomic mass is 9.90. The van der Waals surface area contributed by atoms with Crippen molar-refractivity contribution >= 4 is 5.78 Å². The predicted molar refractivity (Wildman–Crippen MR) is 74.5 cm³/mol. The second kappa shape index (κ2) is 5.66. The third-order valence-corrected chi connectivity index (χ3v) is 4.33. The molecule has 1 saturated heterocycles. The molecule has 1 fully saturated rings. The van der Waals surface area contributed by atoms with Crippen molar-refractivity contribution < 1.29 is 4.79 Å². The van der Waals surface area contributed by atoms with E-state index in [0.717, 1.165) is 19.5 Å². The Balaban J connectivity index is 2.11. The molecule has 2 nitrogen and oxygen atoms in total. The maximum absolute atomic E-state index is 11.7. The molecule has 1 heterocycles. The topological polar surface area (TPSA) is 20.3 Å². The number of Topliss-reactive ketones (excluding diaryl/α,β-unsaturated/α-hetero) is 1. The summed E-state index contributed by atoms with van der Waals surface area (Å²) in [6.45, 7) is 8.32. The van der Waals surface area contributed by atoms with Crippen molar-refractivity contribution in [2.75, 3.05) is 6.54 Å². The number of carbonyl (C=O) groups excluding carboxylic acids is 1. The van der Waals surface area contributed by atoms with Crippen LogP contribution < -0.4 is 0 Å². The number of ketones is 1. The Morgan fingerprint density at radius 1 is 1.22 bits per heavy atom. The van der Waals surface area contributed by atoms with Crippen LogP contribution in [0.2, 0.25) is 0 Å². The van der Waals surface area contributed by atoms with Crippen LogP contribution in [0, 0.1) is 5.92 Å². The van der Waals surface area contributed by atoms with E-state index in [-0.39, 0.29) is 5.92 Å². The Morgan fingerprint density at radius 2 is 1.89 bits per heavy atom. The fourth-order valence-electron chi connectivity index (χ4n) is 2.77. The number of carbonyl (C=O) groups is 1. The monoisotopic (exact) mass is 245 g/mol. The van der Waals surface area contributed by atoms with E-state index >= 15 is 0 Å². The molecule has 0 bridgehead atoms. The molecule has 1 aromatic rings. The molecule has 0 aliphatic carbocycles. The Bertz CT molecular complexity index is 427. The van der Waals surface area contributed by atoms with Gasteiger partial charge in [-0.3, -0.25) is 9.69 Å². The summed E-state index contributed by atoms with van der Waals surface area (Å²) < 4.78 is 0. The van der Waals surface area contributed by atoms with E-state index in [1.807, 2.05) is 0 Å². The summed E-state index contributed by atoms with van der Waals surface area (Å²) in [6, 6.07) is 8.99. The van der Waals surface area contributed by atoms with Crippen LogP contribution >= 0.6 is 0 Å². The smallest absolute Gasteiger partial charge is 0.138 e. The van der Waals surface area contributed by atoms with Gasteiger partial charge in [-0.05, 0) is 24.5 Å². The van der Waals surface area contributed by atoms with Gasteiger partial charge in [0.05, 0.1) is 0 Å². The Morgan fingerprint density at radius 3 is 2.56 bits per heavy atom. The van der Waals surface area contributed by atoms with E-state index in [9.17, 15) is 4.79 Å². The number of hydrogen-bond donors (Lipinski definition) is 0. The highest BCUT2D eigenvalue weighted by atomic mass is 16.1. The Hall–Kier alpha value is -1.15. The molecule has 0 aromatic heterocycles. The number of aryl methyl sites for hydroxylation is 1. The van der Waals surface area contributed by atoms with Crippen molar-refractivity contribution in [1.82, 2.24) is 4.90 Å². The van der Waals surface area contributed by atoms with Gasteiger partial charge >= 0.3 is 0 Å². The van der Waals surface area contributed by atoms with E-state index in [1.54, 1.807) is 0 Å². The Labute approximate surface area is 110 Å². The summed E-state index contributed by atoms with van der Waals surface area (Å²) in [5.74, 6) is 0.593. The van der Waals surface area contributed by atoms with Gasteiger partial charge in [0.2, 0.25) is 0 Å². The SMILES string of the molecule is CCc1ccccc1CN1CCC(=O)C(C)C1C. The van der Waals surface area contributed by atoms with Crippen LogP contribution in [0.5, 0.6) is 0 Å². The van der Waals surface area contributed by atoms with Crippen molar-refractivity contribution in [3.8, 4) is 0 Å². The standard InChI is InChI=1S/C16H23NO/c1-4-14-7-5-6-8-15(14)11-17-10-9-16(18)12(2)13(17)3/h5-8,12-13H,4,9-11H2,1-3H3. The molecule has 2 atom stereocenters. The van der Waals surface area contributed by atoms with Crippen molar-refractivity contribution in [3.05, 3.63) is 35.4 Å². The van der Waals surface area contributed by atoms with Crippen LogP contribution in [0.1, 0.15) is 38.3 Å². The molecule has 1 aliphatic rings. The average molecular weight is 245 g/mol. The molecule has 98 valence electrons. The van der Waals surface area contributed by atoms with Crippen LogP contribution in [0.4, 0.5) is 0 Å². The highest BCUT2D eigenvalue weighted by Crippen LogP contribution is 2.23. The van der Waals surface area contributed by atoms with Gasteiger partial charge in [0.1, 0.15) is 5.78 Å². The van der Waals surface area contributed by atoms with Gasteiger partial charge in [0.15, 0.2) is 0 Å². The van der Waals surface area contributed by atoms with Crippen molar-refractivity contribution in [2.45, 2.75) is 46.2 Å². The van der Waals surface area contributed by atoms with Gasteiger partial charge in [-0.25, -0.2) is 0 Å². The minimum absolute atomic E-state index is 0.174. The van der Waals surface area contributed by atoms with Crippen LogP contribution in [-0.4, -0.2) is 23.3 Å². The van der Waals surface area contributed by atoms with Crippen LogP contribution in [0.3, 0.4) is 0 Å². The predicted octanol–water partition coefficient (Wildman–Crippen LogP) is 3.05. The van der Waals surface area contributed by atoms with Gasteiger partial charge in [0.25, 0.3) is 0 Å². The maximum Gasteiger partial charge on any atom is 0.138 e. The third-order valence-electron chi connectivity index (χ3n) is 4.33. The third kappa shape index (κ3) is 2.64. The summed E-state index contributed by atoms with van der Waals surface area (Å²) >= 11 is 0. The first-order valence-corrected chi connectivity index (χ1v) is 6.97. The van der Waals surface area contributed by atoms with Gasteiger partial charge in [0, 0.05) is 31.5 Å². The second-order valence-electron chi connectivity index (χ2n) is 5.34. The number of piperidine rings is 1. The summed E-state index contributed by atoms with van der Waals surface area (Å²) in [4.78, 5) is 14.1. The largest absolute Gasteiger partial charge is 0.299 e. The molecule has 0 saturated carbocycles. The molecule has 2 unspecified atom stereocenters. The minimum Gasteiger partial charge on any atom is -0.299 e. The summed E-state index contributed by atoms with van der Waals surface area (Å²) in [7, 11) is 0. The molecule has 0 N–H and O–H groups in total. The van der Waals surface area contributed by atoms with Crippen molar-refractivity contribution in [3.63, 3.8) is 0 Å². The first-order chi connectivity index (χ1) is 8.63. The van der Waals surface area contributed by atoms with Crippen LogP contribution in [0.15, 0.2) is 24.3 Å². The van der Waals surface area contributed by atoms with E-state index in [4.69, 9.17) is 0 Å². The normalized spacial score (nSPS) is 25.4. The zero-order valence-corrected chi connectivity index (χ0v) is 11.6. The number of likely N-dealkylation sites (tertiary alicyclic amines) is 1. The van der Waals surface area contributed by atoms with Crippen molar-refractivity contribution in [1.29, 1.82) is 0 Å². The van der Waals surface area contributed by atoms with Gasteiger partial charge in [-0.2, -0.15) is 0 Å². The lowest BCUT2D eigenvalue weighted by molar-refractivity contribution is -0.128. The van der Waals surface area contributed by atoms with E-state index in [1.165, 1.54) is 11.1 Å². The van der Waals surface area contributed by atoms with Gasteiger partial charge < -0.3 is 0 Å². The number of benzene rings is 1. The summed E-state index contributed by atoms with van der Waals surface area (Å²) in [5.41, 5.74) is 2.84. The number of hydrogen-bond acceptors (Lipinski definition) is 2. The quantitative estimate of drug-likeness (QED) is 0.815. The molecule has 2 rings (SSSR count). The highest BCUT2D eigenvalue weighted by molar-refractivity contribution is 5.82. The molecule has 1 aromatic carbocycles. The summed E-state index contributed by atoms with van der Waals surface area (Å²) in [5, 5.41) is 0. The van der Waals surface area contributed by atoms with Gasteiger partial charge in [-0.1, -0.05) is 38.1 Å². The molecule has 0 radical (unpaired) electrons. The average Bonchev–Trinajstić information content (AvgIpc) is 2.40. The number of rotatable bonds is 3. The lowest BCUT2D eigenvalue weighted by Crippen LogP contribution is -2.46. The van der Waals surface area contributed by atoms with E-state index in [2.05, 4.69) is 49.9 Å². The molecular weight excluding hydrogens is 222 g/mol. The first kappa shape index (κ1) is 13.3. The fourth-order valence-corrected chi connectivity index (χ4v) is 2.77. The molecule has 0 amide bonds. The zero-order valence-electron chi connectivity index (χ0n) is 11.6. The van der Waals surface area contributed by atoms with Crippen LogP contribution in [-0.2, 0) is 17.8 Å². The molecule has 2 heteroatoms. The lowest BCUT2D eigenvalue weighted by Gasteiger charge is -2.37. The molecular formula is C16H23NO. The molecule has 1 aliphatic heterocycles. The molecule has 0 spiro atoms. The summed E-state index contributed by atoms with van der Waals surface area (Å²) in [6.07, 6.45) is 1.78. The second-order valence-corrected chi connectivity index (χ2v) is 5.34. The fraction of sp³-hybridized carbons (Fsp3) is 0.562. The highest BCUT2D eigenvalue weighted by Gasteiger charge is 2.30. The van der Waals surface area contributed by atoms with Crippen molar-refractivity contribution in [2.24, 2.45) is 5.92 Å². The van der Waals surface area contributed by atoms with E-state index in [0.29, 0.717) is 18.2 Å². The van der Waals surface area contributed by atoms with Gasteiger partial charge in [-0.15, -0.1) is 0 Å². The molecule has 18 heavy (non-hydrogen) atoms. The Kier molecular flexibility index (Phi) is 4.18. The minimum atomic E-state index is 0.174. The first-order valence-electron chi connectivity index (χ1n) is 6.97. The maximum atomic E-state index is 11.7. The zero-order chi connectivity index (χ0) is 13.1. The van der Waals surface area contributed by atoms with E-state index < -0.39 is 0 Å². The number of nitrogens with zero attached hydrogens (tertiary/aromatic N) is 1. The van der Waals surface area contributed by atoms with Crippen LogP contribution in [0.25, 0.3) is 0 Å².